The average Bonchev–Trinajstić information content (AvgIpc) is 2.96. The highest BCUT2D eigenvalue weighted by atomic mass is 16.6. The van der Waals surface area contributed by atoms with E-state index in [1.165, 1.54) is 6.07 Å². The Balaban J connectivity index is 1.78. The molecule has 1 N–H and O–H groups in total. The summed E-state index contributed by atoms with van der Waals surface area (Å²) < 4.78 is 11.2. The smallest absolute Gasteiger partial charge is 0.410 e. The highest BCUT2D eigenvalue weighted by Crippen LogP contribution is 2.27. The van der Waals surface area contributed by atoms with Crippen molar-refractivity contribution in [3.63, 3.8) is 0 Å². The Morgan fingerprint density at radius 2 is 2.04 bits per heavy atom. The Labute approximate surface area is 151 Å². The summed E-state index contributed by atoms with van der Waals surface area (Å²) in [4.78, 5) is 31.6. The molecule has 3 rings (SSSR count). The first-order valence-electron chi connectivity index (χ1n) is 8.53. The zero-order valence-electron chi connectivity index (χ0n) is 15.4. The van der Waals surface area contributed by atoms with E-state index in [2.05, 4.69) is 4.98 Å². The Morgan fingerprint density at radius 1 is 1.31 bits per heavy atom. The molecule has 8 nitrogen and oxygen atoms in total. The molecule has 26 heavy (non-hydrogen) atoms. The molecule has 1 fully saturated rings. The van der Waals surface area contributed by atoms with Crippen molar-refractivity contribution in [3.8, 4) is 0 Å². The topological polar surface area (TPSA) is 96.1 Å². The van der Waals surface area contributed by atoms with E-state index in [1.54, 1.807) is 17.0 Å². The van der Waals surface area contributed by atoms with Crippen molar-refractivity contribution >= 4 is 29.2 Å². The number of carboxylic acids is 1. The first-order chi connectivity index (χ1) is 12.2. The van der Waals surface area contributed by atoms with Crippen molar-refractivity contribution in [2.45, 2.75) is 39.3 Å². The van der Waals surface area contributed by atoms with Gasteiger partial charge in [-0.15, -0.1) is 0 Å². The number of aromatic nitrogens is 1. The van der Waals surface area contributed by atoms with Gasteiger partial charge in [0.1, 0.15) is 11.1 Å². The van der Waals surface area contributed by atoms with Gasteiger partial charge in [-0.3, -0.25) is 0 Å². The summed E-state index contributed by atoms with van der Waals surface area (Å²) in [6, 6.07) is 5.15. The number of carbonyl (C=O) groups excluding carboxylic acids is 1. The summed E-state index contributed by atoms with van der Waals surface area (Å²) in [5, 5.41) is 9.29. The Morgan fingerprint density at radius 3 is 2.65 bits per heavy atom. The normalized spacial score (nSPS) is 18.2. The van der Waals surface area contributed by atoms with Crippen LogP contribution in [-0.4, -0.2) is 58.3 Å². The van der Waals surface area contributed by atoms with Gasteiger partial charge in [0.15, 0.2) is 5.58 Å². The largest absolute Gasteiger partial charge is 0.478 e. The van der Waals surface area contributed by atoms with E-state index in [0.717, 1.165) is 0 Å². The van der Waals surface area contributed by atoms with Crippen LogP contribution in [0.3, 0.4) is 0 Å². The molecule has 1 aliphatic heterocycles. The zero-order chi connectivity index (χ0) is 19.1. The van der Waals surface area contributed by atoms with Crippen LogP contribution < -0.4 is 4.90 Å². The van der Waals surface area contributed by atoms with Gasteiger partial charge >= 0.3 is 12.1 Å². The minimum absolute atomic E-state index is 0.0439. The minimum Gasteiger partial charge on any atom is -0.478 e. The number of amides is 1. The van der Waals surface area contributed by atoms with Crippen molar-refractivity contribution in [2.75, 3.05) is 24.5 Å². The van der Waals surface area contributed by atoms with Crippen molar-refractivity contribution < 1.29 is 23.8 Å². The highest BCUT2D eigenvalue weighted by Gasteiger charge is 2.32. The summed E-state index contributed by atoms with van der Waals surface area (Å²) in [7, 11) is 0. The van der Waals surface area contributed by atoms with Gasteiger partial charge in [-0.05, 0) is 39.8 Å². The molecular weight excluding hydrogens is 338 g/mol. The Bertz CT molecular complexity index is 839. The SMILES string of the molecule is C[C@@H]1CN(C(=O)OC(C)(C)C)CCN1c1nc2c(C(=O)O)cccc2o1. The summed E-state index contributed by atoms with van der Waals surface area (Å²) in [6.45, 7) is 8.94. The molecule has 0 unspecified atom stereocenters. The molecule has 8 heteroatoms. The summed E-state index contributed by atoms with van der Waals surface area (Å²) in [5.74, 6) is -1.04. The van der Waals surface area contributed by atoms with Gasteiger partial charge in [0.05, 0.1) is 5.56 Å². The van der Waals surface area contributed by atoms with Gasteiger partial charge in [-0.1, -0.05) is 6.07 Å². The molecule has 1 amide bonds. The fourth-order valence-corrected chi connectivity index (χ4v) is 2.97. The molecule has 0 aliphatic carbocycles. The van der Waals surface area contributed by atoms with Crippen LogP contribution in [0.2, 0.25) is 0 Å². The van der Waals surface area contributed by atoms with Gasteiger partial charge < -0.3 is 24.1 Å². The number of nitrogens with zero attached hydrogens (tertiary/aromatic N) is 3. The quantitative estimate of drug-likeness (QED) is 0.878. The number of oxazole rings is 1. The van der Waals surface area contributed by atoms with Crippen LogP contribution in [0.5, 0.6) is 0 Å². The van der Waals surface area contributed by atoms with Crippen LogP contribution in [-0.2, 0) is 4.74 Å². The van der Waals surface area contributed by atoms with E-state index in [0.29, 0.717) is 36.7 Å². The predicted molar refractivity (Wildman–Crippen MR) is 95.6 cm³/mol. The first-order valence-corrected chi connectivity index (χ1v) is 8.53. The number of para-hydroxylation sites is 1. The van der Waals surface area contributed by atoms with E-state index in [9.17, 15) is 14.7 Å². The van der Waals surface area contributed by atoms with Crippen LogP contribution in [0, 0.1) is 0 Å². The molecule has 2 heterocycles. The molecule has 0 spiro atoms. The van der Waals surface area contributed by atoms with E-state index >= 15 is 0 Å². The van der Waals surface area contributed by atoms with Gasteiger partial charge in [0, 0.05) is 25.7 Å². The summed E-state index contributed by atoms with van der Waals surface area (Å²) in [6.07, 6.45) is -0.338. The Hall–Kier alpha value is -2.77. The standard InChI is InChI=1S/C18H23N3O5/c1-11-10-20(17(24)26-18(2,3)4)8-9-21(11)16-19-14-12(15(22)23)6-5-7-13(14)25-16/h5-7,11H,8-10H2,1-4H3,(H,22,23)/t11-/m1/s1. The molecule has 1 aromatic heterocycles. The van der Waals surface area contributed by atoms with Crippen LogP contribution >= 0.6 is 0 Å². The van der Waals surface area contributed by atoms with E-state index in [4.69, 9.17) is 9.15 Å². The number of rotatable bonds is 2. The second kappa shape index (κ2) is 6.51. The molecule has 1 atom stereocenters. The summed E-state index contributed by atoms with van der Waals surface area (Å²) in [5.41, 5.74) is 0.335. The fourth-order valence-electron chi connectivity index (χ4n) is 2.97. The number of piperazine rings is 1. The number of fused-ring (bicyclic) bond motifs is 1. The number of anilines is 1. The molecule has 0 bridgehead atoms. The lowest BCUT2D eigenvalue weighted by molar-refractivity contribution is 0.0216. The number of ether oxygens (including phenoxy) is 1. The molecule has 1 saturated heterocycles. The van der Waals surface area contributed by atoms with Crippen molar-refractivity contribution in [1.82, 2.24) is 9.88 Å². The van der Waals surface area contributed by atoms with Crippen LogP contribution in [0.15, 0.2) is 22.6 Å². The van der Waals surface area contributed by atoms with Crippen LogP contribution in [0.4, 0.5) is 10.8 Å². The molecule has 140 valence electrons. The van der Waals surface area contributed by atoms with E-state index in [1.807, 2.05) is 32.6 Å². The lowest BCUT2D eigenvalue weighted by Gasteiger charge is -2.39. The number of carbonyl (C=O) groups is 2. The molecule has 1 aromatic carbocycles. The van der Waals surface area contributed by atoms with Crippen LogP contribution in [0.1, 0.15) is 38.1 Å². The number of benzene rings is 1. The number of aromatic carboxylic acids is 1. The molecule has 1 aliphatic rings. The molecular formula is C18H23N3O5. The minimum atomic E-state index is -1.04. The van der Waals surface area contributed by atoms with Crippen molar-refractivity contribution in [3.05, 3.63) is 23.8 Å². The second-order valence-electron chi connectivity index (χ2n) is 7.42. The average molecular weight is 361 g/mol. The maximum atomic E-state index is 12.2. The third-order valence-corrected chi connectivity index (χ3v) is 4.16. The maximum Gasteiger partial charge on any atom is 0.410 e. The second-order valence-corrected chi connectivity index (χ2v) is 7.42. The van der Waals surface area contributed by atoms with Crippen LogP contribution in [0.25, 0.3) is 11.1 Å². The molecule has 0 saturated carbocycles. The maximum absolute atomic E-state index is 12.2. The van der Waals surface area contributed by atoms with Crippen molar-refractivity contribution in [1.29, 1.82) is 0 Å². The van der Waals surface area contributed by atoms with Gasteiger partial charge in [0.25, 0.3) is 6.01 Å². The number of hydrogen-bond donors (Lipinski definition) is 1. The monoisotopic (exact) mass is 361 g/mol. The summed E-state index contributed by atoms with van der Waals surface area (Å²) >= 11 is 0. The predicted octanol–water partition coefficient (Wildman–Crippen LogP) is 2.97. The molecule has 2 aromatic rings. The van der Waals surface area contributed by atoms with Gasteiger partial charge in [0.2, 0.25) is 0 Å². The van der Waals surface area contributed by atoms with Gasteiger partial charge in [-0.2, -0.15) is 4.98 Å². The third kappa shape index (κ3) is 3.58. The third-order valence-electron chi connectivity index (χ3n) is 4.16. The van der Waals surface area contributed by atoms with Crippen molar-refractivity contribution in [2.24, 2.45) is 0 Å². The lowest BCUT2D eigenvalue weighted by atomic mass is 10.2. The zero-order valence-corrected chi connectivity index (χ0v) is 15.4. The molecule has 0 radical (unpaired) electrons. The van der Waals surface area contributed by atoms with E-state index in [-0.39, 0.29) is 17.7 Å². The highest BCUT2D eigenvalue weighted by molar-refractivity contribution is 6.00. The Kier molecular flexibility index (Phi) is 4.52. The number of carboxylic acid groups (broad SMARTS) is 1. The lowest BCUT2D eigenvalue weighted by Crippen LogP contribution is -2.54. The fraction of sp³-hybridized carbons (Fsp3) is 0.500. The first kappa shape index (κ1) is 18.0. The van der Waals surface area contributed by atoms with E-state index < -0.39 is 11.6 Å². The number of hydrogen-bond acceptors (Lipinski definition) is 6. The van der Waals surface area contributed by atoms with Gasteiger partial charge in [-0.25, -0.2) is 9.59 Å².